The monoisotopic (exact) mass is 282 g/mol. The van der Waals surface area contributed by atoms with Crippen molar-refractivity contribution in [3.05, 3.63) is 22.7 Å². The van der Waals surface area contributed by atoms with Crippen molar-refractivity contribution >= 4 is 27.3 Å². The molecule has 88 valence electrons. The number of anilines is 2. The SMILES string of the molecule is C[C@@H]1CCC[C@H](C)N1c1ccc(N)cc1Br. The van der Waals surface area contributed by atoms with Crippen LogP contribution in [0.1, 0.15) is 33.1 Å². The number of hydrogen-bond acceptors (Lipinski definition) is 2. The predicted octanol–water partition coefficient (Wildman–Crippen LogP) is 3.80. The number of halogens is 1. The lowest BCUT2D eigenvalue weighted by atomic mass is 9.96. The van der Waals surface area contributed by atoms with Gasteiger partial charge in [0.2, 0.25) is 0 Å². The standard InChI is InChI=1S/C13H19BrN2/c1-9-4-3-5-10(2)16(9)13-7-6-11(15)8-12(13)14/h6-10H,3-5,15H2,1-2H3/t9-,10+. The summed E-state index contributed by atoms with van der Waals surface area (Å²) >= 11 is 3.62. The van der Waals surface area contributed by atoms with Gasteiger partial charge in [-0.15, -0.1) is 0 Å². The molecule has 2 rings (SSSR count). The molecule has 2 nitrogen and oxygen atoms in total. The third-order valence-corrected chi connectivity index (χ3v) is 4.08. The van der Waals surface area contributed by atoms with E-state index < -0.39 is 0 Å². The Kier molecular flexibility index (Phi) is 3.43. The summed E-state index contributed by atoms with van der Waals surface area (Å²) in [6, 6.07) is 7.32. The second kappa shape index (κ2) is 4.66. The maximum absolute atomic E-state index is 5.78. The fourth-order valence-electron chi connectivity index (χ4n) is 2.63. The number of nitrogen functional groups attached to an aromatic ring is 1. The molecule has 0 saturated carbocycles. The molecular formula is C13H19BrN2. The van der Waals surface area contributed by atoms with E-state index in [0.717, 1.165) is 10.2 Å². The Morgan fingerprint density at radius 3 is 2.44 bits per heavy atom. The van der Waals surface area contributed by atoms with E-state index in [0.29, 0.717) is 12.1 Å². The number of rotatable bonds is 1. The van der Waals surface area contributed by atoms with Gasteiger partial charge in [-0.3, -0.25) is 0 Å². The molecule has 1 aliphatic heterocycles. The minimum atomic E-state index is 0.615. The van der Waals surface area contributed by atoms with Crippen molar-refractivity contribution in [3.8, 4) is 0 Å². The number of nitrogens with two attached hydrogens (primary N) is 1. The quantitative estimate of drug-likeness (QED) is 0.794. The molecule has 0 radical (unpaired) electrons. The van der Waals surface area contributed by atoms with Crippen molar-refractivity contribution < 1.29 is 0 Å². The van der Waals surface area contributed by atoms with E-state index in [2.05, 4.69) is 40.7 Å². The molecule has 1 aromatic carbocycles. The van der Waals surface area contributed by atoms with Crippen LogP contribution in [0, 0.1) is 0 Å². The van der Waals surface area contributed by atoms with Crippen molar-refractivity contribution in [1.29, 1.82) is 0 Å². The van der Waals surface area contributed by atoms with Crippen LogP contribution in [0.25, 0.3) is 0 Å². The first kappa shape index (κ1) is 11.8. The minimum Gasteiger partial charge on any atom is -0.399 e. The molecule has 0 aromatic heterocycles. The van der Waals surface area contributed by atoms with Crippen LogP contribution in [-0.2, 0) is 0 Å². The zero-order valence-electron chi connectivity index (χ0n) is 9.91. The van der Waals surface area contributed by atoms with Crippen LogP contribution in [0.3, 0.4) is 0 Å². The first-order valence-corrected chi connectivity index (χ1v) is 6.72. The highest BCUT2D eigenvalue weighted by atomic mass is 79.9. The minimum absolute atomic E-state index is 0.615. The molecular weight excluding hydrogens is 264 g/mol. The van der Waals surface area contributed by atoms with Crippen LogP contribution >= 0.6 is 15.9 Å². The number of benzene rings is 1. The smallest absolute Gasteiger partial charge is 0.0517 e. The van der Waals surface area contributed by atoms with Gasteiger partial charge in [-0.05, 0) is 67.2 Å². The fourth-order valence-corrected chi connectivity index (χ4v) is 3.23. The van der Waals surface area contributed by atoms with E-state index in [1.165, 1.54) is 24.9 Å². The van der Waals surface area contributed by atoms with Gasteiger partial charge < -0.3 is 10.6 Å². The van der Waals surface area contributed by atoms with Crippen LogP contribution in [-0.4, -0.2) is 12.1 Å². The zero-order valence-corrected chi connectivity index (χ0v) is 11.5. The Hall–Kier alpha value is -0.700. The zero-order chi connectivity index (χ0) is 11.7. The third-order valence-electron chi connectivity index (χ3n) is 3.44. The highest BCUT2D eigenvalue weighted by molar-refractivity contribution is 9.10. The molecule has 0 amide bonds. The summed E-state index contributed by atoms with van der Waals surface area (Å²) in [4.78, 5) is 2.51. The second-order valence-electron chi connectivity index (χ2n) is 4.75. The van der Waals surface area contributed by atoms with Gasteiger partial charge in [0.15, 0.2) is 0 Å². The summed E-state index contributed by atoms with van der Waals surface area (Å²) in [5.74, 6) is 0. The molecule has 2 N–H and O–H groups in total. The van der Waals surface area contributed by atoms with Gasteiger partial charge in [0.1, 0.15) is 0 Å². The van der Waals surface area contributed by atoms with E-state index in [-0.39, 0.29) is 0 Å². The van der Waals surface area contributed by atoms with E-state index in [1.807, 2.05) is 12.1 Å². The van der Waals surface area contributed by atoms with E-state index >= 15 is 0 Å². The molecule has 0 bridgehead atoms. The second-order valence-corrected chi connectivity index (χ2v) is 5.60. The highest BCUT2D eigenvalue weighted by Crippen LogP contribution is 2.35. The van der Waals surface area contributed by atoms with Gasteiger partial charge in [-0.1, -0.05) is 0 Å². The van der Waals surface area contributed by atoms with Crippen molar-refractivity contribution in [2.45, 2.75) is 45.2 Å². The van der Waals surface area contributed by atoms with Gasteiger partial charge >= 0.3 is 0 Å². The Labute approximate surface area is 106 Å². The number of piperidine rings is 1. The summed E-state index contributed by atoms with van der Waals surface area (Å²) in [5, 5.41) is 0. The van der Waals surface area contributed by atoms with Crippen LogP contribution in [0.2, 0.25) is 0 Å². The van der Waals surface area contributed by atoms with Crippen LogP contribution in [0.5, 0.6) is 0 Å². The summed E-state index contributed by atoms with van der Waals surface area (Å²) in [6.07, 6.45) is 3.90. The molecule has 3 heteroatoms. The molecule has 1 aromatic rings. The number of nitrogens with zero attached hydrogens (tertiary/aromatic N) is 1. The summed E-state index contributed by atoms with van der Waals surface area (Å²) in [6.45, 7) is 4.61. The van der Waals surface area contributed by atoms with E-state index in [1.54, 1.807) is 0 Å². The predicted molar refractivity (Wildman–Crippen MR) is 73.8 cm³/mol. The molecule has 0 aliphatic carbocycles. The lowest BCUT2D eigenvalue weighted by molar-refractivity contribution is 0.414. The van der Waals surface area contributed by atoms with Crippen LogP contribution < -0.4 is 10.6 Å². The molecule has 16 heavy (non-hydrogen) atoms. The van der Waals surface area contributed by atoms with E-state index in [9.17, 15) is 0 Å². The highest BCUT2D eigenvalue weighted by Gasteiger charge is 2.25. The lowest BCUT2D eigenvalue weighted by Crippen LogP contribution is -2.44. The van der Waals surface area contributed by atoms with E-state index in [4.69, 9.17) is 5.73 Å². The Morgan fingerprint density at radius 1 is 1.25 bits per heavy atom. The molecule has 1 saturated heterocycles. The van der Waals surface area contributed by atoms with Crippen molar-refractivity contribution in [2.75, 3.05) is 10.6 Å². The Balaban J connectivity index is 2.34. The van der Waals surface area contributed by atoms with Gasteiger partial charge in [0, 0.05) is 22.2 Å². The molecule has 1 fully saturated rings. The molecule has 2 atom stereocenters. The Morgan fingerprint density at radius 2 is 1.88 bits per heavy atom. The third kappa shape index (κ3) is 2.19. The first-order chi connectivity index (χ1) is 7.59. The van der Waals surface area contributed by atoms with Gasteiger partial charge in [0.25, 0.3) is 0 Å². The maximum Gasteiger partial charge on any atom is 0.0517 e. The average molecular weight is 283 g/mol. The van der Waals surface area contributed by atoms with Gasteiger partial charge in [-0.25, -0.2) is 0 Å². The normalized spacial score (nSPS) is 25.8. The first-order valence-electron chi connectivity index (χ1n) is 5.93. The summed E-state index contributed by atoms with van der Waals surface area (Å²) < 4.78 is 1.10. The molecule has 1 heterocycles. The van der Waals surface area contributed by atoms with Crippen LogP contribution in [0.4, 0.5) is 11.4 Å². The maximum atomic E-state index is 5.78. The Bertz CT molecular complexity index is 368. The largest absolute Gasteiger partial charge is 0.399 e. The van der Waals surface area contributed by atoms with Crippen LogP contribution in [0.15, 0.2) is 22.7 Å². The van der Waals surface area contributed by atoms with Crippen molar-refractivity contribution in [1.82, 2.24) is 0 Å². The number of hydrogen-bond donors (Lipinski definition) is 1. The fraction of sp³-hybridized carbons (Fsp3) is 0.538. The van der Waals surface area contributed by atoms with Crippen molar-refractivity contribution in [3.63, 3.8) is 0 Å². The average Bonchev–Trinajstić information content (AvgIpc) is 2.20. The summed E-state index contributed by atoms with van der Waals surface area (Å²) in [7, 11) is 0. The molecule has 0 spiro atoms. The van der Waals surface area contributed by atoms with Crippen molar-refractivity contribution in [2.24, 2.45) is 0 Å². The molecule has 1 aliphatic rings. The molecule has 0 unspecified atom stereocenters. The topological polar surface area (TPSA) is 29.3 Å². The van der Waals surface area contributed by atoms with Gasteiger partial charge in [-0.2, -0.15) is 0 Å². The van der Waals surface area contributed by atoms with Gasteiger partial charge in [0.05, 0.1) is 5.69 Å². The lowest BCUT2D eigenvalue weighted by Gasteiger charge is -2.41. The summed E-state index contributed by atoms with van der Waals surface area (Å²) in [5.41, 5.74) is 7.86.